The van der Waals surface area contributed by atoms with Crippen molar-refractivity contribution in [2.45, 2.75) is 19.2 Å². The van der Waals surface area contributed by atoms with Crippen LogP contribution in [0, 0.1) is 19.7 Å². The molecule has 4 rings (SSSR count). The summed E-state index contributed by atoms with van der Waals surface area (Å²) in [6.45, 7) is 4.08. The number of carbonyl (C=O) groups excluding carboxylic acids is 2. The Balaban J connectivity index is 1.60. The minimum absolute atomic E-state index is 0.0578. The summed E-state index contributed by atoms with van der Waals surface area (Å²) >= 11 is 1.56. The van der Waals surface area contributed by atoms with Crippen LogP contribution in [0.25, 0.3) is 0 Å². The minimum Gasteiger partial charge on any atom is -0.322 e. The van der Waals surface area contributed by atoms with Crippen molar-refractivity contribution >= 4 is 35.0 Å². The molecule has 1 heterocycles. The van der Waals surface area contributed by atoms with Crippen molar-refractivity contribution in [3.05, 3.63) is 94.8 Å². The lowest BCUT2D eigenvalue weighted by atomic mass is 10.1. The highest BCUT2D eigenvalue weighted by atomic mass is 32.2. The lowest BCUT2D eigenvalue weighted by Crippen LogP contribution is -2.28. The van der Waals surface area contributed by atoms with Crippen molar-refractivity contribution in [2.75, 3.05) is 16.0 Å². The van der Waals surface area contributed by atoms with Crippen LogP contribution in [0.3, 0.4) is 0 Å². The number of hydrogen-bond acceptors (Lipinski definition) is 3. The van der Waals surface area contributed by atoms with Gasteiger partial charge in [-0.3, -0.25) is 14.5 Å². The standard InChI is InChI=1S/C24H21FN2O2S/c1-15-9-10-21(11-16(15)2)27-22(28)14-30-24(27)18-6-4-8-20(13-18)26-23(29)17-5-3-7-19(25)12-17/h3-13,24H,14H2,1-2H3,(H,26,29). The fourth-order valence-electron chi connectivity index (χ4n) is 3.43. The van der Waals surface area contributed by atoms with Gasteiger partial charge in [0.1, 0.15) is 11.2 Å². The summed E-state index contributed by atoms with van der Waals surface area (Å²) in [4.78, 5) is 26.9. The normalized spacial score (nSPS) is 16.0. The predicted molar refractivity (Wildman–Crippen MR) is 119 cm³/mol. The number of amides is 2. The van der Waals surface area contributed by atoms with E-state index in [1.165, 1.54) is 23.8 Å². The van der Waals surface area contributed by atoms with E-state index in [-0.39, 0.29) is 22.8 Å². The fraction of sp³-hybridized carbons (Fsp3) is 0.167. The molecule has 3 aromatic rings. The van der Waals surface area contributed by atoms with Crippen LogP contribution in [0.15, 0.2) is 66.7 Å². The number of hydrogen-bond donors (Lipinski definition) is 1. The smallest absolute Gasteiger partial charge is 0.255 e. The fourth-order valence-corrected chi connectivity index (χ4v) is 4.60. The SMILES string of the molecule is Cc1ccc(N2C(=O)CSC2c2cccc(NC(=O)c3cccc(F)c3)c2)cc1C. The molecule has 0 bridgehead atoms. The number of aryl methyl sites for hydroxylation is 2. The number of thioether (sulfide) groups is 1. The number of nitrogens with zero attached hydrogens (tertiary/aromatic N) is 1. The molecule has 4 nitrogen and oxygen atoms in total. The highest BCUT2D eigenvalue weighted by Crippen LogP contribution is 2.42. The van der Waals surface area contributed by atoms with Gasteiger partial charge >= 0.3 is 0 Å². The van der Waals surface area contributed by atoms with E-state index in [1.54, 1.807) is 23.9 Å². The van der Waals surface area contributed by atoms with Gasteiger partial charge in [-0.25, -0.2) is 4.39 Å². The molecule has 1 N–H and O–H groups in total. The van der Waals surface area contributed by atoms with E-state index in [4.69, 9.17) is 0 Å². The van der Waals surface area contributed by atoms with Crippen molar-refractivity contribution < 1.29 is 14.0 Å². The number of anilines is 2. The third-order valence-electron chi connectivity index (χ3n) is 5.15. The molecule has 1 aliphatic rings. The Hall–Kier alpha value is -3.12. The maximum atomic E-state index is 13.4. The Morgan fingerprint density at radius 1 is 1.03 bits per heavy atom. The second kappa shape index (κ2) is 8.32. The Bertz CT molecular complexity index is 1130. The van der Waals surface area contributed by atoms with Gasteiger partial charge in [-0.2, -0.15) is 0 Å². The molecular weight excluding hydrogens is 399 g/mol. The van der Waals surface area contributed by atoms with Gasteiger partial charge < -0.3 is 5.32 Å². The molecule has 1 atom stereocenters. The zero-order valence-corrected chi connectivity index (χ0v) is 17.5. The van der Waals surface area contributed by atoms with Gasteiger partial charge in [0.05, 0.1) is 5.75 Å². The molecule has 152 valence electrons. The zero-order valence-electron chi connectivity index (χ0n) is 16.7. The molecule has 0 aromatic heterocycles. The van der Waals surface area contributed by atoms with Crippen LogP contribution < -0.4 is 10.2 Å². The number of benzene rings is 3. The molecule has 1 unspecified atom stereocenters. The molecule has 1 saturated heterocycles. The second-order valence-electron chi connectivity index (χ2n) is 7.29. The first-order valence-corrected chi connectivity index (χ1v) is 10.6. The monoisotopic (exact) mass is 420 g/mol. The van der Waals surface area contributed by atoms with Crippen LogP contribution in [0.4, 0.5) is 15.8 Å². The van der Waals surface area contributed by atoms with Crippen molar-refractivity contribution in [3.63, 3.8) is 0 Å². The Labute approximate surface area is 179 Å². The largest absolute Gasteiger partial charge is 0.322 e. The second-order valence-corrected chi connectivity index (χ2v) is 8.35. The first-order valence-electron chi connectivity index (χ1n) is 9.60. The molecular formula is C24H21FN2O2S. The van der Waals surface area contributed by atoms with Gasteiger partial charge in [0.25, 0.3) is 5.91 Å². The number of nitrogens with one attached hydrogen (secondary N) is 1. The molecule has 3 aromatic carbocycles. The number of halogens is 1. The van der Waals surface area contributed by atoms with E-state index >= 15 is 0 Å². The van der Waals surface area contributed by atoms with Gasteiger partial charge in [-0.15, -0.1) is 11.8 Å². The quantitative estimate of drug-likeness (QED) is 0.609. The molecule has 6 heteroatoms. The van der Waals surface area contributed by atoms with Gasteiger partial charge in [0.15, 0.2) is 0 Å². The predicted octanol–water partition coefficient (Wildman–Crippen LogP) is 5.47. The van der Waals surface area contributed by atoms with Crippen LogP contribution in [0.5, 0.6) is 0 Å². The summed E-state index contributed by atoms with van der Waals surface area (Å²) in [6, 6.07) is 19.0. The minimum atomic E-state index is -0.457. The highest BCUT2D eigenvalue weighted by Gasteiger charge is 2.34. The molecule has 1 fully saturated rings. The van der Waals surface area contributed by atoms with Gasteiger partial charge in [0.2, 0.25) is 5.91 Å². The van der Waals surface area contributed by atoms with E-state index in [2.05, 4.69) is 5.32 Å². The van der Waals surface area contributed by atoms with Crippen molar-refractivity contribution in [1.29, 1.82) is 0 Å². The summed E-state index contributed by atoms with van der Waals surface area (Å²) in [6.07, 6.45) is 0. The molecule has 0 saturated carbocycles. The average Bonchev–Trinajstić information content (AvgIpc) is 3.12. The summed E-state index contributed by atoms with van der Waals surface area (Å²) in [5.41, 5.74) is 4.95. The van der Waals surface area contributed by atoms with E-state index < -0.39 is 5.82 Å². The van der Waals surface area contributed by atoms with E-state index in [1.807, 2.05) is 55.1 Å². The van der Waals surface area contributed by atoms with Crippen LogP contribution in [0.2, 0.25) is 0 Å². The van der Waals surface area contributed by atoms with Crippen LogP contribution >= 0.6 is 11.8 Å². The van der Waals surface area contributed by atoms with Gasteiger partial charge in [-0.1, -0.05) is 24.3 Å². The molecule has 0 spiro atoms. The average molecular weight is 421 g/mol. The molecule has 30 heavy (non-hydrogen) atoms. The molecule has 1 aliphatic heterocycles. The Kier molecular flexibility index (Phi) is 5.59. The lowest BCUT2D eigenvalue weighted by Gasteiger charge is -2.25. The highest BCUT2D eigenvalue weighted by molar-refractivity contribution is 8.00. The molecule has 2 amide bonds. The third-order valence-corrected chi connectivity index (χ3v) is 6.37. The van der Waals surface area contributed by atoms with Crippen LogP contribution in [0.1, 0.15) is 32.4 Å². The van der Waals surface area contributed by atoms with Crippen molar-refractivity contribution in [2.24, 2.45) is 0 Å². The number of carbonyl (C=O) groups is 2. The van der Waals surface area contributed by atoms with Crippen molar-refractivity contribution in [1.82, 2.24) is 0 Å². The van der Waals surface area contributed by atoms with Gasteiger partial charge in [0, 0.05) is 16.9 Å². The maximum absolute atomic E-state index is 13.4. The van der Waals surface area contributed by atoms with E-state index in [0.717, 1.165) is 16.8 Å². The summed E-state index contributed by atoms with van der Waals surface area (Å²) in [5, 5.41) is 2.64. The zero-order chi connectivity index (χ0) is 21.3. The van der Waals surface area contributed by atoms with Crippen LogP contribution in [-0.2, 0) is 4.79 Å². The lowest BCUT2D eigenvalue weighted by molar-refractivity contribution is -0.115. The summed E-state index contributed by atoms with van der Waals surface area (Å²) in [5.74, 6) is -0.381. The first-order chi connectivity index (χ1) is 14.4. The molecule has 0 radical (unpaired) electrons. The first kappa shape index (κ1) is 20.2. The Morgan fingerprint density at radius 2 is 1.83 bits per heavy atom. The number of rotatable bonds is 4. The summed E-state index contributed by atoms with van der Waals surface area (Å²) < 4.78 is 13.4. The summed E-state index contributed by atoms with van der Waals surface area (Å²) in [7, 11) is 0. The van der Waals surface area contributed by atoms with E-state index in [0.29, 0.717) is 11.4 Å². The molecule has 0 aliphatic carbocycles. The van der Waals surface area contributed by atoms with Crippen molar-refractivity contribution in [3.8, 4) is 0 Å². The Morgan fingerprint density at radius 3 is 2.60 bits per heavy atom. The van der Waals surface area contributed by atoms with Crippen LogP contribution in [-0.4, -0.2) is 17.6 Å². The maximum Gasteiger partial charge on any atom is 0.255 e. The topological polar surface area (TPSA) is 49.4 Å². The van der Waals surface area contributed by atoms with Gasteiger partial charge in [-0.05, 0) is 73.0 Å². The van der Waals surface area contributed by atoms with E-state index in [9.17, 15) is 14.0 Å². The third kappa shape index (κ3) is 4.09.